The first-order valence-corrected chi connectivity index (χ1v) is 10.3. The Labute approximate surface area is 182 Å². The van der Waals surface area contributed by atoms with E-state index < -0.39 is 29.3 Å². The van der Waals surface area contributed by atoms with Crippen LogP contribution in [0.2, 0.25) is 0 Å². The van der Waals surface area contributed by atoms with Crippen molar-refractivity contribution in [2.75, 3.05) is 20.3 Å². The summed E-state index contributed by atoms with van der Waals surface area (Å²) in [7, 11) is 1.54. The summed E-state index contributed by atoms with van der Waals surface area (Å²) in [6.45, 7) is 5.19. The SMILES string of the molecule is CCOC(=O)C(CC)(C(=O)OCC)C(NC(=O)c1ccccc1)c1ccc(OC)cc1. The van der Waals surface area contributed by atoms with Gasteiger partial charge < -0.3 is 19.5 Å². The number of benzene rings is 2. The average molecular weight is 427 g/mol. The fourth-order valence-corrected chi connectivity index (χ4v) is 3.42. The van der Waals surface area contributed by atoms with E-state index in [0.717, 1.165) is 0 Å². The number of ether oxygens (including phenoxy) is 3. The number of esters is 2. The first-order chi connectivity index (χ1) is 14.9. The highest BCUT2D eigenvalue weighted by Gasteiger charge is 2.55. The van der Waals surface area contributed by atoms with E-state index in [4.69, 9.17) is 14.2 Å². The number of carbonyl (C=O) groups is 3. The van der Waals surface area contributed by atoms with Gasteiger partial charge in [-0.2, -0.15) is 0 Å². The minimum Gasteiger partial charge on any atom is -0.497 e. The van der Waals surface area contributed by atoms with Crippen molar-refractivity contribution in [2.45, 2.75) is 33.2 Å². The molecule has 2 aromatic carbocycles. The quantitative estimate of drug-likeness (QED) is 0.459. The number of amides is 1. The lowest BCUT2D eigenvalue weighted by Crippen LogP contribution is -2.52. The van der Waals surface area contributed by atoms with Gasteiger partial charge in [0.1, 0.15) is 5.75 Å². The van der Waals surface area contributed by atoms with Crippen LogP contribution in [0.4, 0.5) is 0 Å². The predicted octanol–water partition coefficient (Wildman–Crippen LogP) is 3.69. The van der Waals surface area contributed by atoms with Gasteiger partial charge in [0, 0.05) is 5.56 Å². The average Bonchev–Trinajstić information content (AvgIpc) is 2.80. The molecule has 0 bridgehead atoms. The number of hydrogen-bond donors (Lipinski definition) is 1. The van der Waals surface area contributed by atoms with Crippen LogP contribution in [-0.4, -0.2) is 38.2 Å². The Morgan fingerprint density at radius 1 is 0.871 bits per heavy atom. The summed E-state index contributed by atoms with van der Waals surface area (Å²) in [5, 5.41) is 2.88. The van der Waals surface area contributed by atoms with Crippen LogP contribution >= 0.6 is 0 Å². The molecule has 7 nitrogen and oxygen atoms in total. The highest BCUT2D eigenvalue weighted by Crippen LogP contribution is 2.41. The first-order valence-electron chi connectivity index (χ1n) is 10.3. The second-order valence-electron chi connectivity index (χ2n) is 6.81. The molecule has 2 rings (SSSR count). The second kappa shape index (κ2) is 11.2. The van der Waals surface area contributed by atoms with E-state index in [1.54, 1.807) is 75.4 Å². The smallest absolute Gasteiger partial charge is 0.325 e. The van der Waals surface area contributed by atoms with Gasteiger partial charge in [0.05, 0.1) is 26.4 Å². The predicted molar refractivity (Wildman–Crippen MR) is 116 cm³/mol. The molecule has 31 heavy (non-hydrogen) atoms. The molecule has 0 saturated carbocycles. The molecule has 7 heteroatoms. The van der Waals surface area contributed by atoms with Gasteiger partial charge in [-0.1, -0.05) is 37.3 Å². The normalized spacial score (nSPS) is 11.9. The Hall–Kier alpha value is -3.35. The van der Waals surface area contributed by atoms with Crippen molar-refractivity contribution in [1.82, 2.24) is 5.32 Å². The van der Waals surface area contributed by atoms with Gasteiger partial charge in [-0.3, -0.25) is 14.4 Å². The highest BCUT2D eigenvalue weighted by molar-refractivity contribution is 6.03. The summed E-state index contributed by atoms with van der Waals surface area (Å²) in [4.78, 5) is 39.4. The van der Waals surface area contributed by atoms with E-state index in [1.807, 2.05) is 0 Å². The Balaban J connectivity index is 2.62. The number of nitrogens with one attached hydrogen (secondary N) is 1. The van der Waals surface area contributed by atoms with Crippen molar-refractivity contribution < 1.29 is 28.6 Å². The van der Waals surface area contributed by atoms with Crippen molar-refractivity contribution in [2.24, 2.45) is 5.41 Å². The molecule has 0 aliphatic heterocycles. The molecular formula is C24H29NO6. The minimum atomic E-state index is -1.76. The molecule has 0 spiro atoms. The zero-order chi connectivity index (χ0) is 22.9. The van der Waals surface area contributed by atoms with Gasteiger partial charge in [-0.25, -0.2) is 0 Å². The van der Waals surface area contributed by atoms with Crippen molar-refractivity contribution in [3.8, 4) is 5.75 Å². The largest absolute Gasteiger partial charge is 0.497 e. The van der Waals surface area contributed by atoms with Crippen molar-refractivity contribution in [1.29, 1.82) is 0 Å². The molecule has 1 N–H and O–H groups in total. The molecule has 0 saturated heterocycles. The molecule has 166 valence electrons. The van der Waals surface area contributed by atoms with Crippen molar-refractivity contribution in [3.63, 3.8) is 0 Å². The summed E-state index contributed by atoms with van der Waals surface area (Å²) in [5.41, 5.74) is -0.808. The van der Waals surface area contributed by atoms with Gasteiger partial charge in [0.25, 0.3) is 5.91 Å². The van der Waals surface area contributed by atoms with E-state index in [1.165, 1.54) is 7.11 Å². The maximum Gasteiger partial charge on any atom is 0.325 e. The topological polar surface area (TPSA) is 90.9 Å². The van der Waals surface area contributed by atoms with Crippen LogP contribution in [0, 0.1) is 5.41 Å². The zero-order valence-electron chi connectivity index (χ0n) is 18.3. The Kier molecular flexibility index (Phi) is 8.61. The lowest BCUT2D eigenvalue weighted by molar-refractivity contribution is -0.175. The van der Waals surface area contributed by atoms with E-state index >= 15 is 0 Å². The maximum atomic E-state index is 13.2. The van der Waals surface area contributed by atoms with Crippen LogP contribution in [0.1, 0.15) is 49.2 Å². The molecule has 0 radical (unpaired) electrons. The monoisotopic (exact) mass is 427 g/mol. The van der Waals surface area contributed by atoms with Crippen molar-refractivity contribution in [3.05, 3.63) is 65.7 Å². The molecule has 0 aliphatic carbocycles. The van der Waals surface area contributed by atoms with Crippen LogP contribution in [-0.2, 0) is 19.1 Å². The Bertz CT molecular complexity index is 861. The molecule has 1 atom stereocenters. The van der Waals surface area contributed by atoms with Crippen LogP contribution in [0.3, 0.4) is 0 Å². The lowest BCUT2D eigenvalue weighted by Gasteiger charge is -2.36. The summed E-state index contributed by atoms with van der Waals surface area (Å²) in [6.07, 6.45) is 0.0659. The third-order valence-electron chi connectivity index (χ3n) is 5.09. The standard InChI is InChI=1S/C24H29NO6/c1-5-24(22(27)30-6-2,23(28)31-7-3)20(17-13-15-19(29-4)16-14-17)25-21(26)18-11-9-8-10-12-18/h8-16,20H,5-7H2,1-4H3,(H,25,26). The maximum absolute atomic E-state index is 13.2. The van der Waals surface area contributed by atoms with Crippen LogP contribution < -0.4 is 10.1 Å². The van der Waals surface area contributed by atoms with E-state index in [9.17, 15) is 14.4 Å². The summed E-state index contributed by atoms with van der Waals surface area (Å²) >= 11 is 0. The number of hydrogen-bond acceptors (Lipinski definition) is 6. The Morgan fingerprint density at radius 2 is 1.42 bits per heavy atom. The first kappa shape index (κ1) is 23.9. The molecule has 1 amide bonds. The number of carbonyl (C=O) groups excluding carboxylic acids is 3. The molecule has 0 fully saturated rings. The van der Waals surface area contributed by atoms with E-state index in [-0.39, 0.29) is 19.6 Å². The molecular weight excluding hydrogens is 398 g/mol. The second-order valence-corrected chi connectivity index (χ2v) is 6.81. The van der Waals surface area contributed by atoms with Crippen molar-refractivity contribution >= 4 is 17.8 Å². The molecule has 1 unspecified atom stereocenters. The Morgan fingerprint density at radius 3 is 1.87 bits per heavy atom. The summed E-state index contributed by atoms with van der Waals surface area (Å²) < 4.78 is 15.8. The summed E-state index contributed by atoms with van der Waals surface area (Å²) in [5.74, 6) is -1.31. The molecule has 0 aliphatic rings. The molecule has 0 aromatic heterocycles. The third kappa shape index (κ3) is 5.23. The van der Waals surface area contributed by atoms with Gasteiger partial charge >= 0.3 is 11.9 Å². The van der Waals surface area contributed by atoms with E-state index in [0.29, 0.717) is 16.9 Å². The van der Waals surface area contributed by atoms with Crippen LogP contribution in [0.25, 0.3) is 0 Å². The minimum absolute atomic E-state index is 0.0659. The van der Waals surface area contributed by atoms with Crippen LogP contribution in [0.15, 0.2) is 54.6 Å². The number of rotatable bonds is 10. The van der Waals surface area contributed by atoms with Gasteiger partial charge in [0.2, 0.25) is 0 Å². The van der Waals surface area contributed by atoms with Gasteiger partial charge in [-0.15, -0.1) is 0 Å². The fraction of sp³-hybridized carbons (Fsp3) is 0.375. The highest BCUT2D eigenvalue weighted by atomic mass is 16.6. The van der Waals surface area contributed by atoms with Crippen LogP contribution in [0.5, 0.6) is 5.75 Å². The fourth-order valence-electron chi connectivity index (χ4n) is 3.42. The van der Waals surface area contributed by atoms with Gasteiger partial charge in [-0.05, 0) is 50.1 Å². The molecule has 0 heterocycles. The van der Waals surface area contributed by atoms with Gasteiger partial charge in [0.15, 0.2) is 5.41 Å². The van der Waals surface area contributed by atoms with E-state index in [2.05, 4.69) is 5.32 Å². The molecule has 2 aromatic rings. The summed E-state index contributed by atoms with van der Waals surface area (Å²) in [6, 6.07) is 14.4. The lowest BCUT2D eigenvalue weighted by atomic mass is 9.74. The zero-order valence-corrected chi connectivity index (χ0v) is 18.3. The number of methoxy groups -OCH3 is 1. The third-order valence-corrected chi connectivity index (χ3v) is 5.09.